The maximum atomic E-state index is 9.93. The van der Waals surface area contributed by atoms with Crippen molar-refractivity contribution in [3.63, 3.8) is 0 Å². The zero-order valence-electron chi connectivity index (χ0n) is 18.9. The van der Waals surface area contributed by atoms with Crippen LogP contribution in [0.1, 0.15) is 24.8 Å². The number of fused-ring (bicyclic) bond motifs is 1. The van der Waals surface area contributed by atoms with Crippen molar-refractivity contribution in [1.29, 1.82) is 5.26 Å². The maximum absolute atomic E-state index is 9.93. The maximum Gasteiger partial charge on any atom is 0.143 e. The summed E-state index contributed by atoms with van der Waals surface area (Å²) >= 11 is 1.51. The molecule has 34 heavy (non-hydrogen) atoms. The zero-order chi connectivity index (χ0) is 23.3. The third-order valence-electron chi connectivity index (χ3n) is 6.15. The van der Waals surface area contributed by atoms with Gasteiger partial charge < -0.3 is 14.6 Å². The van der Waals surface area contributed by atoms with Crippen molar-refractivity contribution in [3.8, 4) is 39.5 Å². The van der Waals surface area contributed by atoms with Crippen LogP contribution in [0.5, 0.6) is 23.0 Å². The molecular formula is C28H26N2O3S. The summed E-state index contributed by atoms with van der Waals surface area (Å²) in [5.74, 6) is 2.36. The Morgan fingerprint density at radius 3 is 2.53 bits per heavy atom. The molecule has 0 spiro atoms. The Bertz CT molecular complexity index is 1320. The number of nitriles is 1. The van der Waals surface area contributed by atoms with Gasteiger partial charge in [0.05, 0.1) is 10.4 Å². The second-order valence-corrected chi connectivity index (χ2v) is 9.36. The predicted molar refractivity (Wildman–Crippen MR) is 136 cm³/mol. The molecule has 6 heteroatoms. The molecule has 2 heterocycles. The number of hydrogen-bond donors (Lipinski definition) is 1. The molecule has 1 saturated heterocycles. The number of piperidine rings is 1. The van der Waals surface area contributed by atoms with Gasteiger partial charge in [0.1, 0.15) is 35.7 Å². The first-order chi connectivity index (χ1) is 16.7. The van der Waals surface area contributed by atoms with Crippen LogP contribution in [-0.4, -0.2) is 36.2 Å². The van der Waals surface area contributed by atoms with Crippen molar-refractivity contribution in [1.82, 2.24) is 4.90 Å². The third kappa shape index (κ3) is 4.86. The fourth-order valence-electron chi connectivity index (χ4n) is 4.38. The molecule has 0 unspecified atom stereocenters. The van der Waals surface area contributed by atoms with Crippen LogP contribution in [0, 0.1) is 11.3 Å². The number of thiophene rings is 1. The molecule has 3 aromatic carbocycles. The van der Waals surface area contributed by atoms with Gasteiger partial charge >= 0.3 is 0 Å². The van der Waals surface area contributed by atoms with Gasteiger partial charge in [0.25, 0.3) is 0 Å². The zero-order valence-corrected chi connectivity index (χ0v) is 19.7. The highest BCUT2D eigenvalue weighted by molar-refractivity contribution is 7.13. The molecule has 0 amide bonds. The number of phenols is 1. The highest BCUT2D eigenvalue weighted by atomic mass is 32.1. The van der Waals surface area contributed by atoms with Crippen LogP contribution in [0.4, 0.5) is 0 Å². The molecule has 1 aliphatic rings. The van der Waals surface area contributed by atoms with Crippen LogP contribution >= 0.6 is 11.3 Å². The van der Waals surface area contributed by atoms with Gasteiger partial charge in [-0.15, -0.1) is 11.3 Å². The summed E-state index contributed by atoms with van der Waals surface area (Å²) in [4.78, 5) is 3.33. The average molecular weight is 471 g/mol. The van der Waals surface area contributed by atoms with Crippen LogP contribution in [-0.2, 0) is 0 Å². The molecule has 1 aliphatic heterocycles. The van der Waals surface area contributed by atoms with E-state index in [1.165, 1.54) is 43.7 Å². The van der Waals surface area contributed by atoms with Gasteiger partial charge in [-0.2, -0.15) is 5.26 Å². The first-order valence-corrected chi connectivity index (χ1v) is 12.5. The topological polar surface area (TPSA) is 65.7 Å². The predicted octanol–water partition coefficient (Wildman–Crippen LogP) is 6.80. The van der Waals surface area contributed by atoms with Crippen molar-refractivity contribution >= 4 is 22.1 Å². The van der Waals surface area contributed by atoms with Crippen LogP contribution in [0.3, 0.4) is 0 Å². The number of nitrogens with zero attached hydrogens (tertiary/aromatic N) is 2. The van der Waals surface area contributed by atoms with E-state index in [4.69, 9.17) is 9.47 Å². The number of phenolic OH excluding ortho intramolecular Hbond substituents is 1. The molecule has 0 atom stereocenters. The van der Waals surface area contributed by atoms with Crippen molar-refractivity contribution < 1.29 is 14.6 Å². The summed E-state index contributed by atoms with van der Waals surface area (Å²) in [6.45, 7) is 3.96. The SMILES string of the molecule is N#Cc1ccsc1-c1ccc2cc(O)ccc2c1Oc1ccc(OCCN2CCCCC2)cc1. The molecule has 0 radical (unpaired) electrons. The Labute approximate surface area is 203 Å². The summed E-state index contributed by atoms with van der Waals surface area (Å²) in [6.07, 6.45) is 3.90. The Balaban J connectivity index is 1.38. The number of hydrogen-bond acceptors (Lipinski definition) is 6. The number of ether oxygens (including phenoxy) is 2. The number of aromatic hydroxyl groups is 1. The van der Waals surface area contributed by atoms with E-state index < -0.39 is 0 Å². The second-order valence-electron chi connectivity index (χ2n) is 8.45. The lowest BCUT2D eigenvalue weighted by Crippen LogP contribution is -2.33. The first kappa shape index (κ1) is 22.3. The van der Waals surface area contributed by atoms with Gasteiger partial charge in [-0.3, -0.25) is 4.90 Å². The molecule has 5 nitrogen and oxygen atoms in total. The summed E-state index contributed by atoms with van der Waals surface area (Å²) < 4.78 is 12.3. The van der Waals surface area contributed by atoms with E-state index in [9.17, 15) is 10.4 Å². The highest BCUT2D eigenvalue weighted by Gasteiger charge is 2.17. The van der Waals surface area contributed by atoms with Gasteiger partial charge in [0.15, 0.2) is 0 Å². The van der Waals surface area contributed by atoms with Crippen molar-refractivity contribution in [2.75, 3.05) is 26.2 Å². The lowest BCUT2D eigenvalue weighted by Gasteiger charge is -2.26. The molecule has 1 fully saturated rings. The monoisotopic (exact) mass is 470 g/mol. The Hall–Kier alpha value is -3.53. The fraction of sp³-hybridized carbons (Fsp3) is 0.250. The minimum atomic E-state index is 0.200. The first-order valence-electron chi connectivity index (χ1n) is 11.6. The van der Waals surface area contributed by atoms with Gasteiger partial charge in [-0.1, -0.05) is 12.5 Å². The lowest BCUT2D eigenvalue weighted by atomic mass is 10.0. The van der Waals surface area contributed by atoms with Crippen LogP contribution < -0.4 is 9.47 Å². The van der Waals surface area contributed by atoms with E-state index in [2.05, 4.69) is 11.0 Å². The largest absolute Gasteiger partial charge is 0.508 e. The molecule has 0 aliphatic carbocycles. The van der Waals surface area contributed by atoms with Crippen LogP contribution in [0.25, 0.3) is 21.2 Å². The molecule has 172 valence electrons. The van der Waals surface area contributed by atoms with Crippen LogP contribution in [0.15, 0.2) is 66.0 Å². The Morgan fingerprint density at radius 2 is 1.74 bits per heavy atom. The van der Waals surface area contributed by atoms with Crippen LogP contribution in [0.2, 0.25) is 0 Å². The molecular weight excluding hydrogens is 444 g/mol. The van der Waals surface area contributed by atoms with E-state index >= 15 is 0 Å². The molecule has 0 bridgehead atoms. The molecule has 4 aromatic rings. The van der Waals surface area contributed by atoms with E-state index in [-0.39, 0.29) is 5.75 Å². The smallest absolute Gasteiger partial charge is 0.143 e. The van der Waals surface area contributed by atoms with E-state index in [0.717, 1.165) is 33.5 Å². The van der Waals surface area contributed by atoms with Gasteiger partial charge in [-0.05, 0) is 91.3 Å². The van der Waals surface area contributed by atoms with Crippen molar-refractivity contribution in [2.45, 2.75) is 19.3 Å². The minimum absolute atomic E-state index is 0.200. The highest BCUT2D eigenvalue weighted by Crippen LogP contribution is 2.43. The Kier molecular flexibility index (Phi) is 6.66. The summed E-state index contributed by atoms with van der Waals surface area (Å²) in [6, 6.07) is 20.8. The summed E-state index contributed by atoms with van der Waals surface area (Å²) in [5.41, 5.74) is 1.47. The van der Waals surface area contributed by atoms with E-state index in [1.54, 1.807) is 12.1 Å². The summed E-state index contributed by atoms with van der Waals surface area (Å²) in [7, 11) is 0. The molecule has 1 aromatic heterocycles. The molecule has 0 saturated carbocycles. The molecule has 1 N–H and O–H groups in total. The Morgan fingerprint density at radius 1 is 0.941 bits per heavy atom. The van der Waals surface area contributed by atoms with E-state index in [0.29, 0.717) is 23.7 Å². The number of rotatable bonds is 7. The van der Waals surface area contributed by atoms with Crippen molar-refractivity contribution in [2.24, 2.45) is 0 Å². The average Bonchev–Trinajstić information content (AvgIpc) is 3.34. The number of likely N-dealkylation sites (tertiary alicyclic amines) is 1. The standard InChI is InChI=1S/C28H26N2O3S/c29-19-21-12-17-34-28(21)26-10-4-20-18-22(31)5-11-25(20)27(26)33-24-8-6-23(7-9-24)32-16-15-30-13-2-1-3-14-30/h4-12,17-18,31H,1-3,13-16H2. The van der Waals surface area contributed by atoms with Gasteiger partial charge in [0.2, 0.25) is 0 Å². The third-order valence-corrected chi connectivity index (χ3v) is 7.10. The van der Waals surface area contributed by atoms with E-state index in [1.807, 2.05) is 53.9 Å². The van der Waals surface area contributed by atoms with Crippen molar-refractivity contribution in [3.05, 3.63) is 71.6 Å². The lowest BCUT2D eigenvalue weighted by molar-refractivity contribution is 0.183. The fourth-order valence-corrected chi connectivity index (χ4v) is 5.25. The number of benzene rings is 3. The van der Waals surface area contributed by atoms with Gasteiger partial charge in [-0.25, -0.2) is 0 Å². The summed E-state index contributed by atoms with van der Waals surface area (Å²) in [5, 5.41) is 23.1. The second kappa shape index (κ2) is 10.2. The minimum Gasteiger partial charge on any atom is -0.508 e. The molecule has 5 rings (SSSR count). The van der Waals surface area contributed by atoms with Gasteiger partial charge in [0, 0.05) is 17.5 Å². The normalized spacial score (nSPS) is 14.1. The quantitative estimate of drug-likeness (QED) is 0.322.